The van der Waals surface area contributed by atoms with Crippen LogP contribution in [0.25, 0.3) is 33.3 Å². The summed E-state index contributed by atoms with van der Waals surface area (Å²) in [4.78, 5) is 12.5. The maximum atomic E-state index is 12.5. The van der Waals surface area contributed by atoms with Crippen molar-refractivity contribution in [3.05, 3.63) is 65.0 Å². The SMILES string of the molecule is O=c1oc2ccccc2cc1-c1cc2cccc(O[C@@H]3C[C@H]4CC[C@@H](C3)N4)c2o1. The van der Waals surface area contributed by atoms with E-state index >= 15 is 0 Å². The Morgan fingerprint density at radius 2 is 1.69 bits per heavy atom. The molecule has 1 N–H and O–H groups in total. The monoisotopic (exact) mass is 387 g/mol. The van der Waals surface area contributed by atoms with E-state index in [4.69, 9.17) is 13.6 Å². The molecule has 0 aliphatic carbocycles. The van der Waals surface area contributed by atoms with Gasteiger partial charge in [-0.05, 0) is 49.9 Å². The van der Waals surface area contributed by atoms with Crippen LogP contribution in [-0.4, -0.2) is 18.2 Å². The lowest BCUT2D eigenvalue weighted by atomic mass is 10.0. The second-order valence-electron chi connectivity index (χ2n) is 8.12. The highest BCUT2D eigenvalue weighted by atomic mass is 16.5. The van der Waals surface area contributed by atoms with Gasteiger partial charge < -0.3 is 18.9 Å². The van der Waals surface area contributed by atoms with Gasteiger partial charge in [0.15, 0.2) is 11.3 Å². The van der Waals surface area contributed by atoms with Crippen LogP contribution < -0.4 is 15.7 Å². The molecule has 2 aliphatic heterocycles. The number of nitrogens with one attached hydrogen (secondary N) is 1. The number of hydrogen-bond donors (Lipinski definition) is 1. The molecule has 5 nitrogen and oxygen atoms in total. The van der Waals surface area contributed by atoms with Crippen LogP contribution in [0.15, 0.2) is 68.2 Å². The van der Waals surface area contributed by atoms with E-state index in [1.165, 1.54) is 12.8 Å². The first-order valence-corrected chi connectivity index (χ1v) is 10.2. The summed E-state index contributed by atoms with van der Waals surface area (Å²) in [5, 5.41) is 5.42. The zero-order valence-corrected chi connectivity index (χ0v) is 15.9. The normalized spacial score (nSPS) is 23.7. The third-order valence-corrected chi connectivity index (χ3v) is 6.14. The Balaban J connectivity index is 1.39. The fourth-order valence-corrected chi connectivity index (χ4v) is 4.78. The van der Waals surface area contributed by atoms with Gasteiger partial charge in [-0.1, -0.05) is 30.3 Å². The van der Waals surface area contributed by atoms with E-state index in [-0.39, 0.29) is 6.10 Å². The van der Waals surface area contributed by atoms with E-state index in [2.05, 4.69) is 5.32 Å². The lowest BCUT2D eigenvalue weighted by Crippen LogP contribution is -2.42. The number of para-hydroxylation sites is 2. The highest BCUT2D eigenvalue weighted by Crippen LogP contribution is 2.36. The van der Waals surface area contributed by atoms with Gasteiger partial charge in [0.1, 0.15) is 23.0 Å². The molecule has 3 atom stereocenters. The number of fused-ring (bicyclic) bond motifs is 4. The molecule has 2 bridgehead atoms. The van der Waals surface area contributed by atoms with Crippen molar-refractivity contribution in [2.45, 2.75) is 43.9 Å². The van der Waals surface area contributed by atoms with Crippen LogP contribution in [0.2, 0.25) is 0 Å². The van der Waals surface area contributed by atoms with E-state index < -0.39 is 5.63 Å². The average Bonchev–Trinajstić information content (AvgIpc) is 3.31. The molecule has 146 valence electrons. The fourth-order valence-electron chi connectivity index (χ4n) is 4.78. The summed E-state index contributed by atoms with van der Waals surface area (Å²) in [5.74, 6) is 1.24. The summed E-state index contributed by atoms with van der Waals surface area (Å²) in [5.41, 5.74) is 1.27. The number of furan rings is 1. The molecule has 2 fully saturated rings. The fraction of sp³-hybridized carbons (Fsp3) is 0.292. The van der Waals surface area contributed by atoms with Crippen LogP contribution in [0.5, 0.6) is 5.75 Å². The van der Waals surface area contributed by atoms with Gasteiger partial charge in [0.25, 0.3) is 0 Å². The van der Waals surface area contributed by atoms with Crippen molar-refractivity contribution in [1.29, 1.82) is 0 Å². The van der Waals surface area contributed by atoms with Crippen LogP contribution in [0.4, 0.5) is 0 Å². The van der Waals surface area contributed by atoms with Crippen molar-refractivity contribution >= 4 is 21.9 Å². The standard InChI is InChI=1S/C24H21NO4/c26-24-19(10-14-4-1-2-6-20(14)29-24)22-11-15-5-3-7-21(23(15)28-22)27-18-12-16-8-9-17(13-18)25-16/h1-7,10-11,16-18,25H,8-9,12-13H2/t16-,17+,18-. The molecule has 5 heteroatoms. The number of rotatable bonds is 3. The molecule has 6 rings (SSSR count). The lowest BCUT2D eigenvalue weighted by molar-refractivity contribution is 0.138. The van der Waals surface area contributed by atoms with Crippen LogP contribution in [0, 0.1) is 0 Å². The van der Waals surface area contributed by atoms with E-state index in [0.717, 1.165) is 29.4 Å². The zero-order valence-electron chi connectivity index (χ0n) is 15.9. The number of benzene rings is 2. The second kappa shape index (κ2) is 6.49. The third-order valence-electron chi connectivity index (χ3n) is 6.14. The maximum absolute atomic E-state index is 12.5. The van der Waals surface area contributed by atoms with Crippen LogP contribution in [0.1, 0.15) is 25.7 Å². The molecule has 2 saturated heterocycles. The van der Waals surface area contributed by atoms with Crippen LogP contribution in [-0.2, 0) is 0 Å². The first kappa shape index (κ1) is 16.9. The molecule has 0 radical (unpaired) electrons. The highest BCUT2D eigenvalue weighted by molar-refractivity contribution is 5.88. The Labute approximate surface area is 167 Å². The van der Waals surface area contributed by atoms with Crippen LogP contribution in [0.3, 0.4) is 0 Å². The summed E-state index contributed by atoms with van der Waals surface area (Å²) in [6, 6.07) is 18.2. The first-order chi connectivity index (χ1) is 14.2. The number of ether oxygens (including phenoxy) is 1. The quantitative estimate of drug-likeness (QED) is 0.508. The third kappa shape index (κ3) is 2.93. The second-order valence-corrected chi connectivity index (χ2v) is 8.12. The molecular weight excluding hydrogens is 366 g/mol. The van der Waals surface area contributed by atoms with Gasteiger partial charge >= 0.3 is 5.63 Å². The summed E-state index contributed by atoms with van der Waals surface area (Å²) in [6.07, 6.45) is 4.71. The van der Waals surface area contributed by atoms with E-state index in [0.29, 0.717) is 34.6 Å². The van der Waals surface area contributed by atoms with Crippen molar-refractivity contribution in [3.63, 3.8) is 0 Å². The molecule has 0 spiro atoms. The van der Waals surface area contributed by atoms with Gasteiger partial charge in [-0.3, -0.25) is 0 Å². The Kier molecular flexibility index (Phi) is 3.78. The molecule has 2 aromatic carbocycles. The molecule has 2 aromatic heterocycles. The van der Waals surface area contributed by atoms with Gasteiger partial charge in [0, 0.05) is 22.9 Å². The minimum Gasteiger partial charge on any atom is -0.486 e. The van der Waals surface area contributed by atoms with Gasteiger partial charge in [-0.25, -0.2) is 4.79 Å². The molecule has 4 aromatic rings. The van der Waals surface area contributed by atoms with E-state index in [9.17, 15) is 4.79 Å². The van der Waals surface area contributed by atoms with E-state index in [1.54, 1.807) is 6.07 Å². The smallest absolute Gasteiger partial charge is 0.347 e. The lowest BCUT2D eigenvalue weighted by Gasteiger charge is -2.29. The Bertz CT molecular complexity index is 1260. The topological polar surface area (TPSA) is 64.6 Å². The van der Waals surface area contributed by atoms with Crippen molar-refractivity contribution in [1.82, 2.24) is 5.32 Å². The summed E-state index contributed by atoms with van der Waals surface area (Å²) < 4.78 is 18.0. The van der Waals surface area contributed by atoms with Gasteiger partial charge in [-0.15, -0.1) is 0 Å². The summed E-state index contributed by atoms with van der Waals surface area (Å²) in [7, 11) is 0. The summed E-state index contributed by atoms with van der Waals surface area (Å²) >= 11 is 0. The molecule has 0 unspecified atom stereocenters. The zero-order chi connectivity index (χ0) is 19.4. The Morgan fingerprint density at radius 3 is 2.55 bits per heavy atom. The molecular formula is C24H21NO4. The molecule has 0 amide bonds. The molecule has 4 heterocycles. The average molecular weight is 387 g/mol. The molecule has 29 heavy (non-hydrogen) atoms. The molecule has 0 saturated carbocycles. The van der Waals surface area contributed by atoms with Gasteiger partial charge in [0.2, 0.25) is 0 Å². The minimum atomic E-state index is -0.403. The van der Waals surface area contributed by atoms with Gasteiger partial charge in [0.05, 0.1) is 0 Å². The highest BCUT2D eigenvalue weighted by Gasteiger charge is 2.34. The summed E-state index contributed by atoms with van der Waals surface area (Å²) in [6.45, 7) is 0. The van der Waals surface area contributed by atoms with Crippen LogP contribution >= 0.6 is 0 Å². The van der Waals surface area contributed by atoms with Crippen molar-refractivity contribution < 1.29 is 13.6 Å². The number of piperidine rings is 1. The van der Waals surface area contributed by atoms with Crippen molar-refractivity contribution in [3.8, 4) is 17.1 Å². The Hall–Kier alpha value is -3.05. The Morgan fingerprint density at radius 1 is 0.897 bits per heavy atom. The van der Waals surface area contributed by atoms with Gasteiger partial charge in [-0.2, -0.15) is 0 Å². The predicted molar refractivity (Wildman–Crippen MR) is 111 cm³/mol. The molecule has 2 aliphatic rings. The van der Waals surface area contributed by atoms with Crippen molar-refractivity contribution in [2.75, 3.05) is 0 Å². The predicted octanol–water partition coefficient (Wildman–Crippen LogP) is 4.87. The number of hydrogen-bond acceptors (Lipinski definition) is 5. The minimum absolute atomic E-state index is 0.193. The van der Waals surface area contributed by atoms with E-state index in [1.807, 2.05) is 48.5 Å². The first-order valence-electron chi connectivity index (χ1n) is 10.2. The maximum Gasteiger partial charge on any atom is 0.347 e. The largest absolute Gasteiger partial charge is 0.486 e. The van der Waals surface area contributed by atoms with Crippen molar-refractivity contribution in [2.24, 2.45) is 0 Å².